The van der Waals surface area contributed by atoms with Gasteiger partial charge in [0, 0.05) is 30.5 Å². The maximum atomic E-state index is 12.5. The molecule has 0 spiro atoms. The average Bonchev–Trinajstić information content (AvgIpc) is 3.34. The van der Waals surface area contributed by atoms with Crippen LogP contribution in [-0.2, 0) is 25.8 Å². The van der Waals surface area contributed by atoms with Crippen molar-refractivity contribution in [3.05, 3.63) is 41.1 Å². The minimum absolute atomic E-state index is 0.0709. The van der Waals surface area contributed by atoms with Crippen LogP contribution in [0.25, 0.3) is 0 Å². The Balaban J connectivity index is 1.58. The number of carbonyl (C=O) groups excluding carboxylic acids is 2. The van der Waals surface area contributed by atoms with Crippen LogP contribution in [0.4, 0.5) is 10.6 Å². The molecule has 174 valence electrons. The van der Waals surface area contributed by atoms with E-state index in [1.165, 1.54) is 6.07 Å². The first kappa shape index (κ1) is 23.8. The molecule has 0 radical (unpaired) electrons. The van der Waals surface area contributed by atoms with Gasteiger partial charge in [-0.1, -0.05) is 24.6 Å². The summed E-state index contributed by atoms with van der Waals surface area (Å²) >= 11 is 0. The number of ether oxygens (including phenoxy) is 1. The molecule has 1 fully saturated rings. The number of rotatable bonds is 8. The van der Waals surface area contributed by atoms with Crippen LogP contribution in [0.2, 0.25) is 0 Å². The van der Waals surface area contributed by atoms with Crippen LogP contribution in [0.3, 0.4) is 0 Å². The maximum absolute atomic E-state index is 12.5. The summed E-state index contributed by atoms with van der Waals surface area (Å²) in [5, 5.41) is 12.6. The molecule has 2 aromatic rings. The van der Waals surface area contributed by atoms with Gasteiger partial charge in [-0.05, 0) is 44.2 Å². The second kappa shape index (κ2) is 10.2. The van der Waals surface area contributed by atoms with Gasteiger partial charge >= 0.3 is 6.09 Å². The lowest BCUT2D eigenvalue weighted by Crippen LogP contribution is -2.28. The zero-order valence-electron chi connectivity index (χ0n) is 18.6. The minimum Gasteiger partial charge on any atom is -0.446 e. The molecule has 2 atom stereocenters. The molecule has 1 aliphatic carbocycles. The highest BCUT2D eigenvalue weighted by Gasteiger charge is 2.30. The molecule has 9 nitrogen and oxygen atoms in total. The fraction of sp³-hybridized carbons (Fsp3) is 0.500. The van der Waals surface area contributed by atoms with E-state index < -0.39 is 9.84 Å². The summed E-state index contributed by atoms with van der Waals surface area (Å²) in [5.74, 6) is 0.188. The summed E-state index contributed by atoms with van der Waals surface area (Å²) < 4.78 is 29.5. The molecule has 3 rings (SSSR count). The van der Waals surface area contributed by atoms with Gasteiger partial charge in [-0.25, -0.2) is 13.2 Å². The number of hydrogen-bond donors (Lipinski definition) is 3. The van der Waals surface area contributed by atoms with Crippen molar-refractivity contribution in [2.24, 2.45) is 0 Å². The smallest absolute Gasteiger partial charge is 0.407 e. The number of aromatic nitrogens is 2. The predicted molar refractivity (Wildman–Crippen MR) is 120 cm³/mol. The molecular formula is C22H30N4O5S. The van der Waals surface area contributed by atoms with Crippen LogP contribution in [0.5, 0.6) is 0 Å². The number of aromatic amines is 1. The molecule has 0 aliphatic heterocycles. The van der Waals surface area contributed by atoms with E-state index in [9.17, 15) is 18.0 Å². The van der Waals surface area contributed by atoms with Crippen molar-refractivity contribution < 1.29 is 22.7 Å². The van der Waals surface area contributed by atoms with Gasteiger partial charge in [0.2, 0.25) is 5.91 Å². The summed E-state index contributed by atoms with van der Waals surface area (Å²) in [7, 11) is -3.44. The quantitative estimate of drug-likeness (QED) is 0.553. The van der Waals surface area contributed by atoms with E-state index in [4.69, 9.17) is 4.74 Å². The SMILES string of the molecule is CCCNC(=O)O[C@@H]1CC[C@H](c2cc(NC(=O)Cc3cc(C)ccc3S(C)(=O)=O)n[nH]2)C1. The molecule has 1 aliphatic rings. The maximum Gasteiger partial charge on any atom is 0.407 e. The lowest BCUT2D eigenvalue weighted by Gasteiger charge is -2.12. The number of alkyl carbamates (subject to hydrolysis) is 1. The van der Waals surface area contributed by atoms with E-state index in [0.29, 0.717) is 24.3 Å². The number of aryl methyl sites for hydroxylation is 1. The molecule has 32 heavy (non-hydrogen) atoms. The van der Waals surface area contributed by atoms with Gasteiger partial charge in [-0.2, -0.15) is 5.10 Å². The van der Waals surface area contributed by atoms with Crippen LogP contribution in [-0.4, -0.2) is 49.5 Å². The van der Waals surface area contributed by atoms with Gasteiger partial charge in [0.25, 0.3) is 0 Å². The molecule has 10 heteroatoms. The second-order valence-electron chi connectivity index (χ2n) is 8.28. The largest absolute Gasteiger partial charge is 0.446 e. The Morgan fingerprint density at radius 1 is 1.25 bits per heavy atom. The molecule has 0 bridgehead atoms. The van der Waals surface area contributed by atoms with Crippen LogP contribution >= 0.6 is 0 Å². The molecule has 0 saturated heterocycles. The Morgan fingerprint density at radius 2 is 2.03 bits per heavy atom. The summed E-state index contributed by atoms with van der Waals surface area (Å²) in [6.45, 7) is 4.41. The fourth-order valence-electron chi connectivity index (χ4n) is 3.93. The van der Waals surface area contributed by atoms with Gasteiger partial charge in [-0.15, -0.1) is 0 Å². The Kier molecular flexibility index (Phi) is 7.55. The zero-order chi connectivity index (χ0) is 23.3. The third-order valence-electron chi connectivity index (χ3n) is 5.45. The molecule has 0 unspecified atom stereocenters. The zero-order valence-corrected chi connectivity index (χ0v) is 19.4. The number of H-pyrrole nitrogens is 1. The first-order valence-corrected chi connectivity index (χ1v) is 12.6. The average molecular weight is 463 g/mol. The predicted octanol–water partition coefficient (Wildman–Crippen LogP) is 3.08. The van der Waals surface area contributed by atoms with E-state index in [2.05, 4.69) is 20.8 Å². The standard InChI is InChI=1S/C22H30N4O5S/c1-4-9-23-22(28)31-17-7-6-15(11-17)18-13-20(26-25-18)24-21(27)12-16-10-14(2)5-8-19(16)32(3,29)30/h5,8,10,13,15,17H,4,6-7,9,11-12H2,1-3H3,(H,23,28)(H2,24,25,26,27)/t15-,17+/m0/s1. The molecular weight excluding hydrogens is 432 g/mol. The lowest BCUT2D eigenvalue weighted by molar-refractivity contribution is -0.115. The third-order valence-corrected chi connectivity index (χ3v) is 6.65. The van der Waals surface area contributed by atoms with Crippen molar-refractivity contribution in [2.45, 2.75) is 62.9 Å². The Labute approximate surface area is 188 Å². The van der Waals surface area contributed by atoms with Crippen LogP contribution in [0, 0.1) is 6.92 Å². The number of carbonyl (C=O) groups is 2. The monoisotopic (exact) mass is 462 g/mol. The first-order chi connectivity index (χ1) is 15.2. The minimum atomic E-state index is -3.44. The summed E-state index contributed by atoms with van der Waals surface area (Å²) in [5.41, 5.74) is 2.20. The van der Waals surface area contributed by atoms with Gasteiger partial charge in [0.1, 0.15) is 6.10 Å². The van der Waals surface area contributed by atoms with Crippen LogP contribution in [0.15, 0.2) is 29.2 Å². The third kappa shape index (κ3) is 6.32. The number of amides is 2. The normalized spacial score (nSPS) is 18.3. The topological polar surface area (TPSA) is 130 Å². The molecule has 1 aromatic heterocycles. The van der Waals surface area contributed by atoms with Crippen molar-refractivity contribution in [3.8, 4) is 0 Å². The Hall–Kier alpha value is -2.88. The summed E-state index contributed by atoms with van der Waals surface area (Å²) in [6, 6.07) is 6.72. The lowest BCUT2D eigenvalue weighted by atomic mass is 10.0. The molecule has 1 heterocycles. The van der Waals surface area contributed by atoms with Crippen LogP contribution < -0.4 is 10.6 Å². The van der Waals surface area contributed by atoms with Gasteiger partial charge < -0.3 is 15.4 Å². The fourth-order valence-corrected chi connectivity index (χ4v) is 4.85. The molecule has 1 saturated carbocycles. The summed E-state index contributed by atoms with van der Waals surface area (Å²) in [4.78, 5) is 24.4. The number of sulfone groups is 1. The number of hydrogen-bond acceptors (Lipinski definition) is 6. The van der Waals surface area contributed by atoms with Crippen molar-refractivity contribution >= 4 is 27.7 Å². The highest BCUT2D eigenvalue weighted by atomic mass is 32.2. The van der Waals surface area contributed by atoms with Crippen LogP contribution in [0.1, 0.15) is 55.3 Å². The Morgan fingerprint density at radius 3 is 2.75 bits per heavy atom. The molecule has 1 aromatic carbocycles. The molecule has 3 N–H and O–H groups in total. The number of anilines is 1. The van der Waals surface area contributed by atoms with E-state index in [1.54, 1.807) is 18.2 Å². The summed E-state index contributed by atoms with van der Waals surface area (Å²) in [6.07, 6.45) is 3.69. The Bertz CT molecular complexity index is 1080. The van der Waals surface area contributed by atoms with Crippen molar-refractivity contribution in [1.29, 1.82) is 0 Å². The van der Waals surface area contributed by atoms with Crippen molar-refractivity contribution in [3.63, 3.8) is 0 Å². The number of nitrogens with one attached hydrogen (secondary N) is 3. The van der Waals surface area contributed by atoms with Crippen molar-refractivity contribution in [2.75, 3.05) is 18.1 Å². The molecule has 2 amide bonds. The number of nitrogens with zero attached hydrogens (tertiary/aromatic N) is 1. The van der Waals surface area contributed by atoms with Crippen molar-refractivity contribution in [1.82, 2.24) is 15.5 Å². The second-order valence-corrected chi connectivity index (χ2v) is 10.3. The highest BCUT2D eigenvalue weighted by molar-refractivity contribution is 7.90. The van der Waals surface area contributed by atoms with Gasteiger partial charge in [-0.3, -0.25) is 9.89 Å². The highest BCUT2D eigenvalue weighted by Crippen LogP contribution is 2.35. The van der Waals surface area contributed by atoms with E-state index in [-0.39, 0.29) is 35.3 Å². The van der Waals surface area contributed by atoms with E-state index in [0.717, 1.165) is 36.8 Å². The van der Waals surface area contributed by atoms with E-state index in [1.807, 2.05) is 13.8 Å². The number of benzene rings is 1. The van der Waals surface area contributed by atoms with Gasteiger partial charge in [0.05, 0.1) is 11.3 Å². The van der Waals surface area contributed by atoms with E-state index >= 15 is 0 Å². The first-order valence-electron chi connectivity index (χ1n) is 10.7. The van der Waals surface area contributed by atoms with Gasteiger partial charge in [0.15, 0.2) is 15.7 Å².